The number of benzene rings is 2. The van der Waals surface area contributed by atoms with Gasteiger partial charge in [-0.15, -0.1) is 0 Å². The lowest BCUT2D eigenvalue weighted by Crippen LogP contribution is -2.32. The summed E-state index contributed by atoms with van der Waals surface area (Å²) in [4.78, 5) is 35.3. The highest BCUT2D eigenvalue weighted by Gasteiger charge is 2.11. The van der Waals surface area contributed by atoms with Gasteiger partial charge in [-0.25, -0.2) is 4.39 Å². The highest BCUT2D eigenvalue weighted by molar-refractivity contribution is 5.96. The van der Waals surface area contributed by atoms with Gasteiger partial charge in [-0.2, -0.15) is 0 Å². The Morgan fingerprint density at radius 1 is 1.00 bits per heavy atom. The fourth-order valence-electron chi connectivity index (χ4n) is 2.05. The fourth-order valence-corrected chi connectivity index (χ4v) is 2.05. The lowest BCUT2D eigenvalue weighted by molar-refractivity contribution is -0.146. The van der Waals surface area contributed by atoms with Crippen molar-refractivity contribution in [2.45, 2.75) is 6.92 Å². The number of carbonyl (C=O) groups excluding carboxylic acids is 3. The maximum atomic E-state index is 12.8. The second-order valence-corrected chi connectivity index (χ2v) is 5.36. The van der Waals surface area contributed by atoms with E-state index in [9.17, 15) is 18.8 Å². The third-order valence-electron chi connectivity index (χ3n) is 3.31. The zero-order valence-corrected chi connectivity index (χ0v) is 14.7. The van der Waals surface area contributed by atoms with Gasteiger partial charge in [-0.05, 0) is 55.5 Å². The first kappa shape index (κ1) is 19.9. The van der Waals surface area contributed by atoms with E-state index in [1.165, 1.54) is 24.3 Å². The summed E-state index contributed by atoms with van der Waals surface area (Å²) in [6, 6.07) is 11.6. The summed E-state index contributed by atoms with van der Waals surface area (Å²) in [6.07, 6.45) is 0. The van der Waals surface area contributed by atoms with Gasteiger partial charge >= 0.3 is 5.97 Å². The van der Waals surface area contributed by atoms with Crippen LogP contribution in [0.4, 0.5) is 10.1 Å². The lowest BCUT2D eigenvalue weighted by Gasteiger charge is -2.08. The first-order valence-corrected chi connectivity index (χ1v) is 8.20. The molecule has 2 aromatic carbocycles. The molecule has 2 amide bonds. The maximum Gasteiger partial charge on any atom is 0.325 e. The van der Waals surface area contributed by atoms with Crippen LogP contribution in [0.15, 0.2) is 48.5 Å². The third-order valence-corrected chi connectivity index (χ3v) is 3.31. The van der Waals surface area contributed by atoms with E-state index in [1.807, 2.05) is 6.92 Å². The number of esters is 1. The standard InChI is InChI=1S/C19H19FN2O5/c1-2-26-16-9-3-13(4-10-16)19(25)21-11-18(24)27-12-17(23)22-15-7-5-14(20)6-8-15/h3-10H,2,11-12H2,1H3,(H,21,25)(H,22,23). The van der Waals surface area contributed by atoms with E-state index in [2.05, 4.69) is 10.6 Å². The van der Waals surface area contributed by atoms with Gasteiger partial charge in [0.15, 0.2) is 6.61 Å². The molecule has 0 aliphatic carbocycles. The molecular formula is C19H19FN2O5. The lowest BCUT2D eigenvalue weighted by atomic mass is 10.2. The Morgan fingerprint density at radius 3 is 2.30 bits per heavy atom. The molecule has 0 fully saturated rings. The molecule has 0 spiro atoms. The number of rotatable bonds is 8. The average molecular weight is 374 g/mol. The molecule has 0 bridgehead atoms. The van der Waals surface area contributed by atoms with Crippen molar-refractivity contribution in [3.05, 3.63) is 59.9 Å². The van der Waals surface area contributed by atoms with Crippen molar-refractivity contribution in [1.29, 1.82) is 0 Å². The second-order valence-electron chi connectivity index (χ2n) is 5.36. The van der Waals surface area contributed by atoms with Gasteiger partial charge in [0.2, 0.25) is 0 Å². The Morgan fingerprint density at radius 2 is 1.67 bits per heavy atom. The van der Waals surface area contributed by atoms with E-state index in [1.54, 1.807) is 24.3 Å². The second kappa shape index (κ2) is 9.91. The van der Waals surface area contributed by atoms with Gasteiger partial charge in [-0.3, -0.25) is 14.4 Å². The van der Waals surface area contributed by atoms with Crippen LogP contribution in [0.5, 0.6) is 5.75 Å². The minimum Gasteiger partial charge on any atom is -0.494 e. The molecular weight excluding hydrogens is 355 g/mol. The van der Waals surface area contributed by atoms with Crippen molar-refractivity contribution in [3.8, 4) is 5.75 Å². The summed E-state index contributed by atoms with van der Waals surface area (Å²) in [6.45, 7) is 1.48. The monoisotopic (exact) mass is 374 g/mol. The van der Waals surface area contributed by atoms with E-state index < -0.39 is 30.2 Å². The molecule has 0 unspecified atom stereocenters. The van der Waals surface area contributed by atoms with Gasteiger partial charge in [0, 0.05) is 11.3 Å². The molecule has 2 N–H and O–H groups in total. The molecule has 8 heteroatoms. The van der Waals surface area contributed by atoms with Crippen molar-refractivity contribution in [1.82, 2.24) is 5.32 Å². The van der Waals surface area contributed by atoms with Crippen LogP contribution in [0, 0.1) is 5.82 Å². The summed E-state index contributed by atoms with van der Waals surface area (Å²) in [5, 5.41) is 4.85. The molecule has 0 aromatic heterocycles. The minimum atomic E-state index is -0.761. The molecule has 0 aliphatic rings. The van der Waals surface area contributed by atoms with Crippen LogP contribution >= 0.6 is 0 Å². The van der Waals surface area contributed by atoms with Gasteiger partial charge in [0.25, 0.3) is 11.8 Å². The topological polar surface area (TPSA) is 93.7 Å². The molecule has 0 aliphatic heterocycles. The third kappa shape index (κ3) is 6.77. The number of halogens is 1. The van der Waals surface area contributed by atoms with Crippen LogP contribution < -0.4 is 15.4 Å². The van der Waals surface area contributed by atoms with Crippen molar-refractivity contribution < 1.29 is 28.2 Å². The largest absolute Gasteiger partial charge is 0.494 e. The van der Waals surface area contributed by atoms with E-state index >= 15 is 0 Å². The Hall–Kier alpha value is -3.42. The van der Waals surface area contributed by atoms with Crippen LogP contribution in [-0.4, -0.2) is 37.5 Å². The van der Waals surface area contributed by atoms with E-state index in [0.717, 1.165) is 0 Å². The minimum absolute atomic E-state index is 0.361. The average Bonchev–Trinajstić information content (AvgIpc) is 2.67. The SMILES string of the molecule is CCOc1ccc(C(=O)NCC(=O)OCC(=O)Nc2ccc(F)cc2)cc1. The predicted octanol–water partition coefficient (Wildman–Crippen LogP) is 2.14. The summed E-state index contributed by atoms with van der Waals surface area (Å²) in [7, 11) is 0. The predicted molar refractivity (Wildman–Crippen MR) is 95.9 cm³/mol. The molecule has 142 valence electrons. The molecule has 0 saturated heterocycles. The number of hydrogen-bond donors (Lipinski definition) is 2. The maximum absolute atomic E-state index is 12.8. The van der Waals surface area contributed by atoms with E-state index in [0.29, 0.717) is 23.6 Å². The number of hydrogen-bond acceptors (Lipinski definition) is 5. The molecule has 0 radical (unpaired) electrons. The summed E-state index contributed by atoms with van der Waals surface area (Å²) < 4.78 is 22.8. The van der Waals surface area contributed by atoms with Crippen LogP contribution in [0.2, 0.25) is 0 Å². The molecule has 0 saturated carbocycles. The van der Waals surface area contributed by atoms with Crippen molar-refractivity contribution in [3.63, 3.8) is 0 Å². The Kier molecular flexibility index (Phi) is 7.30. The van der Waals surface area contributed by atoms with Crippen LogP contribution in [0.25, 0.3) is 0 Å². The molecule has 2 rings (SSSR count). The van der Waals surface area contributed by atoms with Gasteiger partial charge < -0.3 is 20.1 Å². The summed E-state index contributed by atoms with van der Waals surface area (Å²) >= 11 is 0. The van der Waals surface area contributed by atoms with Crippen LogP contribution in [-0.2, 0) is 14.3 Å². The number of anilines is 1. The highest BCUT2D eigenvalue weighted by Crippen LogP contribution is 2.12. The number of ether oxygens (including phenoxy) is 2. The molecule has 7 nitrogen and oxygen atoms in total. The van der Waals surface area contributed by atoms with Gasteiger partial charge in [0.05, 0.1) is 6.61 Å². The van der Waals surface area contributed by atoms with Crippen molar-refractivity contribution in [2.75, 3.05) is 25.1 Å². The Balaban J connectivity index is 1.71. The van der Waals surface area contributed by atoms with Crippen molar-refractivity contribution >= 4 is 23.5 Å². The zero-order chi connectivity index (χ0) is 19.6. The van der Waals surface area contributed by atoms with Crippen LogP contribution in [0.1, 0.15) is 17.3 Å². The number of amides is 2. The van der Waals surface area contributed by atoms with E-state index in [-0.39, 0.29) is 6.54 Å². The summed E-state index contributed by atoms with van der Waals surface area (Å²) in [5.41, 5.74) is 0.738. The molecule has 2 aromatic rings. The molecule has 27 heavy (non-hydrogen) atoms. The van der Waals surface area contributed by atoms with Gasteiger partial charge in [-0.1, -0.05) is 0 Å². The first-order valence-electron chi connectivity index (χ1n) is 8.20. The van der Waals surface area contributed by atoms with E-state index in [4.69, 9.17) is 9.47 Å². The fraction of sp³-hybridized carbons (Fsp3) is 0.211. The molecule has 0 atom stereocenters. The summed E-state index contributed by atoms with van der Waals surface area (Å²) in [5.74, 6) is -1.58. The van der Waals surface area contributed by atoms with Crippen LogP contribution in [0.3, 0.4) is 0 Å². The van der Waals surface area contributed by atoms with Crippen molar-refractivity contribution in [2.24, 2.45) is 0 Å². The smallest absolute Gasteiger partial charge is 0.325 e. The quantitative estimate of drug-likeness (QED) is 0.691. The Bertz CT molecular complexity index is 791. The number of carbonyl (C=O) groups is 3. The molecule has 0 heterocycles. The normalized spacial score (nSPS) is 10.0. The zero-order valence-electron chi connectivity index (χ0n) is 14.7. The Labute approximate surface area is 155 Å². The first-order chi connectivity index (χ1) is 13.0. The highest BCUT2D eigenvalue weighted by atomic mass is 19.1. The number of nitrogens with one attached hydrogen (secondary N) is 2. The van der Waals surface area contributed by atoms with Gasteiger partial charge in [0.1, 0.15) is 18.1 Å².